The largest absolute Gasteiger partial charge is 0.353 e. The molecule has 0 aromatic carbocycles. The minimum Gasteiger partial charge on any atom is -0.353 e. The van der Waals surface area contributed by atoms with E-state index in [0.717, 1.165) is 6.54 Å². The van der Waals surface area contributed by atoms with Crippen LogP contribution in [0.25, 0.3) is 0 Å². The average molecular weight is 168 g/mol. The van der Waals surface area contributed by atoms with Gasteiger partial charge in [0.25, 0.3) is 0 Å². The molecule has 0 aliphatic heterocycles. The van der Waals surface area contributed by atoms with Gasteiger partial charge in [0.15, 0.2) is 0 Å². The van der Waals surface area contributed by atoms with Crippen molar-refractivity contribution in [1.29, 1.82) is 0 Å². The van der Waals surface area contributed by atoms with Crippen LogP contribution in [-0.4, -0.2) is 15.6 Å². The summed E-state index contributed by atoms with van der Waals surface area (Å²) in [6.45, 7) is 7.58. The predicted molar refractivity (Wildman–Crippen MR) is 48.4 cm³/mol. The number of hydrogen-bond acceptors (Lipinski definition) is 1. The lowest BCUT2D eigenvalue weighted by Gasteiger charge is -2.23. The fourth-order valence-electron chi connectivity index (χ4n) is 0.923. The monoisotopic (exact) mass is 168 g/mol. The summed E-state index contributed by atoms with van der Waals surface area (Å²) in [4.78, 5) is 3.99. The van der Waals surface area contributed by atoms with Gasteiger partial charge in [-0.3, -0.25) is 0 Å². The van der Waals surface area contributed by atoms with Gasteiger partial charge in [-0.15, -0.1) is 0 Å². The highest BCUT2D eigenvalue weighted by molar-refractivity contribution is 4.78. The molecule has 0 saturated heterocycles. The first kappa shape index (κ1) is 9.26. The molecule has 0 spiro atoms. The second-order valence-electron chi connectivity index (χ2n) is 4.32. The third kappa shape index (κ3) is 2.34. The van der Waals surface area contributed by atoms with Gasteiger partial charge < -0.3 is 10.3 Å². The summed E-state index contributed by atoms with van der Waals surface area (Å²) in [5.74, 6) is 0. The van der Waals surface area contributed by atoms with Crippen LogP contribution in [0.4, 0.5) is 0 Å². The summed E-state index contributed by atoms with van der Waals surface area (Å²) in [7, 11) is 0. The van der Waals surface area contributed by atoms with Crippen molar-refractivity contribution in [3.8, 4) is 0 Å². The van der Waals surface area contributed by atoms with Crippen molar-refractivity contribution in [3.05, 3.63) is 18.7 Å². The van der Waals surface area contributed by atoms with Crippen molar-refractivity contribution in [1.82, 2.24) is 9.55 Å². The van der Waals surface area contributed by atoms with E-state index in [1.54, 1.807) is 6.20 Å². The Kier molecular flexibility index (Phi) is 2.52. The Hall–Kier alpha value is -0.830. The number of hydrogen-bond donors (Lipinski definition) is 1. The molecule has 1 aromatic heterocycles. The SMILES string of the molecule is CC(C)(C)[C@H]([NH3+])Cn1ccnc1. The van der Waals surface area contributed by atoms with E-state index >= 15 is 0 Å². The van der Waals surface area contributed by atoms with E-state index in [2.05, 4.69) is 36.1 Å². The Balaban J connectivity index is 2.53. The molecule has 3 heteroatoms. The second-order valence-corrected chi connectivity index (χ2v) is 4.32. The van der Waals surface area contributed by atoms with Gasteiger partial charge in [0.05, 0.1) is 12.9 Å². The zero-order chi connectivity index (χ0) is 9.19. The molecule has 1 rings (SSSR count). The molecule has 0 saturated carbocycles. The van der Waals surface area contributed by atoms with Crippen molar-refractivity contribution in [2.45, 2.75) is 33.4 Å². The van der Waals surface area contributed by atoms with Crippen molar-refractivity contribution < 1.29 is 5.73 Å². The maximum absolute atomic E-state index is 4.14. The standard InChI is InChI=1S/C9H17N3/c1-9(2,3)8(10)6-12-5-4-11-7-12/h4-5,7-8H,6,10H2,1-3H3/p+1/t8-/m1/s1. The lowest BCUT2D eigenvalue weighted by atomic mass is 9.87. The minimum absolute atomic E-state index is 0.268. The second kappa shape index (κ2) is 3.27. The first-order chi connectivity index (χ1) is 5.50. The van der Waals surface area contributed by atoms with Crippen molar-refractivity contribution >= 4 is 0 Å². The predicted octanol–water partition coefficient (Wildman–Crippen LogP) is 0.540. The van der Waals surface area contributed by atoms with Gasteiger partial charge in [-0.1, -0.05) is 20.8 Å². The number of nitrogens with zero attached hydrogens (tertiary/aromatic N) is 2. The van der Waals surface area contributed by atoms with Crippen LogP contribution in [0.5, 0.6) is 0 Å². The topological polar surface area (TPSA) is 45.5 Å². The highest BCUT2D eigenvalue weighted by Crippen LogP contribution is 2.16. The number of quaternary nitrogens is 1. The summed E-state index contributed by atoms with van der Waals surface area (Å²) in [6, 6.07) is 0.423. The lowest BCUT2D eigenvalue weighted by Crippen LogP contribution is -2.68. The van der Waals surface area contributed by atoms with E-state index in [-0.39, 0.29) is 5.41 Å². The molecule has 1 aromatic rings. The highest BCUT2D eigenvalue weighted by atomic mass is 15.0. The molecule has 12 heavy (non-hydrogen) atoms. The Morgan fingerprint density at radius 1 is 1.50 bits per heavy atom. The van der Waals surface area contributed by atoms with Gasteiger partial charge in [-0.25, -0.2) is 4.98 Å². The number of imidazole rings is 1. The first-order valence-electron chi connectivity index (χ1n) is 4.29. The molecule has 68 valence electrons. The van der Waals surface area contributed by atoms with E-state index in [4.69, 9.17) is 0 Å². The third-order valence-electron chi connectivity index (χ3n) is 2.22. The number of aromatic nitrogens is 2. The molecule has 1 atom stereocenters. The van der Waals surface area contributed by atoms with E-state index in [9.17, 15) is 0 Å². The van der Waals surface area contributed by atoms with E-state index in [1.165, 1.54) is 0 Å². The summed E-state index contributed by atoms with van der Waals surface area (Å²) in [5, 5.41) is 0. The fraction of sp³-hybridized carbons (Fsp3) is 0.667. The quantitative estimate of drug-likeness (QED) is 0.688. The number of rotatable bonds is 2. The van der Waals surface area contributed by atoms with E-state index in [1.807, 2.05) is 12.5 Å². The lowest BCUT2D eigenvalue weighted by molar-refractivity contribution is -0.446. The molecule has 0 aliphatic carbocycles. The van der Waals surface area contributed by atoms with Gasteiger partial charge in [-0.05, 0) is 0 Å². The van der Waals surface area contributed by atoms with E-state index < -0.39 is 0 Å². The van der Waals surface area contributed by atoms with Crippen molar-refractivity contribution in [3.63, 3.8) is 0 Å². The highest BCUT2D eigenvalue weighted by Gasteiger charge is 2.24. The molecule has 0 fully saturated rings. The van der Waals surface area contributed by atoms with Crippen LogP contribution in [0, 0.1) is 5.41 Å². The van der Waals surface area contributed by atoms with Gasteiger partial charge in [0.1, 0.15) is 6.04 Å². The first-order valence-corrected chi connectivity index (χ1v) is 4.29. The molecule has 0 aliphatic rings. The third-order valence-corrected chi connectivity index (χ3v) is 2.22. The summed E-state index contributed by atoms with van der Waals surface area (Å²) < 4.78 is 2.07. The molecule has 1 heterocycles. The Labute approximate surface area is 73.6 Å². The van der Waals surface area contributed by atoms with Gasteiger partial charge in [0.2, 0.25) is 0 Å². The minimum atomic E-state index is 0.268. The summed E-state index contributed by atoms with van der Waals surface area (Å²) >= 11 is 0. The Morgan fingerprint density at radius 3 is 2.58 bits per heavy atom. The van der Waals surface area contributed by atoms with Gasteiger partial charge in [-0.2, -0.15) is 0 Å². The maximum atomic E-state index is 4.14. The Bertz CT molecular complexity index is 220. The zero-order valence-electron chi connectivity index (χ0n) is 8.12. The van der Waals surface area contributed by atoms with Crippen LogP contribution in [-0.2, 0) is 6.54 Å². The molecule has 0 bridgehead atoms. The van der Waals surface area contributed by atoms with Gasteiger partial charge >= 0.3 is 0 Å². The normalized spacial score (nSPS) is 14.7. The summed E-state index contributed by atoms with van der Waals surface area (Å²) in [6.07, 6.45) is 5.61. The van der Waals surface area contributed by atoms with Crippen molar-refractivity contribution in [2.75, 3.05) is 0 Å². The van der Waals surface area contributed by atoms with Gasteiger partial charge in [0, 0.05) is 17.8 Å². The summed E-state index contributed by atoms with van der Waals surface area (Å²) in [5.41, 5.74) is 4.40. The molecular weight excluding hydrogens is 150 g/mol. The molecule has 3 N–H and O–H groups in total. The smallest absolute Gasteiger partial charge is 0.107 e. The van der Waals surface area contributed by atoms with Crippen LogP contribution in [0.1, 0.15) is 20.8 Å². The van der Waals surface area contributed by atoms with Crippen LogP contribution in [0.3, 0.4) is 0 Å². The van der Waals surface area contributed by atoms with Crippen molar-refractivity contribution in [2.24, 2.45) is 5.41 Å². The van der Waals surface area contributed by atoms with Crippen LogP contribution < -0.4 is 5.73 Å². The molecule has 3 nitrogen and oxygen atoms in total. The van der Waals surface area contributed by atoms with Crippen LogP contribution in [0.2, 0.25) is 0 Å². The van der Waals surface area contributed by atoms with E-state index in [0.29, 0.717) is 6.04 Å². The van der Waals surface area contributed by atoms with Crippen LogP contribution >= 0.6 is 0 Å². The molecule has 0 unspecified atom stereocenters. The molecule has 0 radical (unpaired) electrons. The fourth-order valence-corrected chi connectivity index (χ4v) is 0.923. The zero-order valence-corrected chi connectivity index (χ0v) is 8.12. The maximum Gasteiger partial charge on any atom is 0.107 e. The Morgan fingerprint density at radius 2 is 2.17 bits per heavy atom. The van der Waals surface area contributed by atoms with Crippen LogP contribution in [0.15, 0.2) is 18.7 Å². The average Bonchev–Trinajstić information content (AvgIpc) is 2.37. The molecule has 0 amide bonds. The molecular formula is C9H18N3+.